The molecule has 4 rings (SSSR count). The number of hydrogen-bond acceptors (Lipinski definition) is 5. The Balaban J connectivity index is 1.75. The van der Waals surface area contributed by atoms with Crippen LogP contribution < -0.4 is 5.56 Å². The number of benzene rings is 1. The van der Waals surface area contributed by atoms with Crippen molar-refractivity contribution in [3.05, 3.63) is 64.7 Å². The third kappa shape index (κ3) is 3.02. The second-order valence-corrected chi connectivity index (χ2v) is 6.21. The minimum absolute atomic E-state index is 0.211. The van der Waals surface area contributed by atoms with Crippen molar-refractivity contribution in [2.75, 3.05) is 13.1 Å². The van der Waals surface area contributed by atoms with Crippen LogP contribution in [-0.2, 0) is 6.54 Å². The van der Waals surface area contributed by atoms with Gasteiger partial charge in [0.25, 0.3) is 5.56 Å². The van der Waals surface area contributed by atoms with Gasteiger partial charge in [0.1, 0.15) is 12.1 Å². The topological polar surface area (TPSA) is 63.9 Å². The standard InChI is InChI=1S/C18H18FN5O/c19-14-6-2-1-5-13(14)15(23-9-3-4-10-23)11-24-12-22-17-16(18(24)25)20-7-8-21-17/h1-2,5-8,12,15H,3-4,9-11H2/t15-/m0/s1. The highest BCUT2D eigenvalue weighted by Gasteiger charge is 2.26. The summed E-state index contributed by atoms with van der Waals surface area (Å²) < 4.78 is 15.9. The zero-order valence-electron chi connectivity index (χ0n) is 13.7. The molecule has 2 aromatic heterocycles. The van der Waals surface area contributed by atoms with E-state index < -0.39 is 0 Å². The van der Waals surface area contributed by atoms with Crippen LogP contribution in [0.2, 0.25) is 0 Å². The fourth-order valence-electron chi connectivity index (χ4n) is 3.41. The van der Waals surface area contributed by atoms with Crippen molar-refractivity contribution in [3.63, 3.8) is 0 Å². The van der Waals surface area contributed by atoms with Crippen LogP contribution in [0.4, 0.5) is 4.39 Å². The van der Waals surface area contributed by atoms with E-state index in [-0.39, 0.29) is 22.9 Å². The molecule has 0 N–H and O–H groups in total. The van der Waals surface area contributed by atoms with Gasteiger partial charge in [0.05, 0.1) is 6.04 Å². The molecular weight excluding hydrogens is 321 g/mol. The number of aromatic nitrogens is 4. The summed E-state index contributed by atoms with van der Waals surface area (Å²) in [5.74, 6) is -0.249. The first kappa shape index (κ1) is 15.8. The van der Waals surface area contributed by atoms with E-state index in [4.69, 9.17) is 0 Å². The molecule has 6 nitrogen and oxygen atoms in total. The smallest absolute Gasteiger partial charge is 0.281 e. The van der Waals surface area contributed by atoms with Crippen molar-refractivity contribution in [1.82, 2.24) is 24.4 Å². The molecule has 0 amide bonds. The number of halogens is 1. The zero-order chi connectivity index (χ0) is 17.2. The van der Waals surface area contributed by atoms with Crippen LogP contribution in [0.15, 0.2) is 47.8 Å². The highest BCUT2D eigenvalue weighted by molar-refractivity contribution is 5.66. The first-order chi connectivity index (χ1) is 12.2. The van der Waals surface area contributed by atoms with Crippen molar-refractivity contribution < 1.29 is 4.39 Å². The first-order valence-electron chi connectivity index (χ1n) is 8.38. The molecule has 25 heavy (non-hydrogen) atoms. The average molecular weight is 339 g/mol. The van der Waals surface area contributed by atoms with Crippen LogP contribution in [-0.4, -0.2) is 37.5 Å². The van der Waals surface area contributed by atoms with Gasteiger partial charge in [0.15, 0.2) is 11.2 Å². The molecule has 3 heterocycles. The lowest BCUT2D eigenvalue weighted by atomic mass is 10.0. The summed E-state index contributed by atoms with van der Waals surface area (Å²) >= 11 is 0. The number of nitrogens with zero attached hydrogens (tertiary/aromatic N) is 5. The Labute approximate surface area is 144 Å². The molecule has 1 fully saturated rings. The molecule has 1 aliphatic rings. The van der Waals surface area contributed by atoms with Gasteiger partial charge in [-0.1, -0.05) is 18.2 Å². The minimum atomic E-state index is -0.251. The molecule has 1 aromatic carbocycles. The predicted octanol–water partition coefficient (Wildman–Crippen LogP) is 2.16. The minimum Gasteiger partial charge on any atom is -0.295 e. The average Bonchev–Trinajstić information content (AvgIpc) is 3.17. The Bertz CT molecular complexity index is 951. The second kappa shape index (κ2) is 6.68. The van der Waals surface area contributed by atoms with E-state index in [9.17, 15) is 9.18 Å². The number of rotatable bonds is 4. The normalized spacial score (nSPS) is 16.4. The van der Waals surface area contributed by atoms with Gasteiger partial charge in [0, 0.05) is 24.5 Å². The molecule has 0 bridgehead atoms. The maximum absolute atomic E-state index is 14.4. The third-order valence-electron chi connectivity index (χ3n) is 4.68. The predicted molar refractivity (Wildman–Crippen MR) is 91.5 cm³/mol. The zero-order valence-corrected chi connectivity index (χ0v) is 13.7. The molecule has 0 saturated carbocycles. The third-order valence-corrected chi connectivity index (χ3v) is 4.68. The largest absolute Gasteiger partial charge is 0.295 e. The van der Waals surface area contributed by atoms with E-state index in [0.29, 0.717) is 17.8 Å². The highest BCUT2D eigenvalue weighted by atomic mass is 19.1. The Hall–Kier alpha value is -2.67. The summed E-state index contributed by atoms with van der Waals surface area (Å²) in [5, 5.41) is 0. The summed E-state index contributed by atoms with van der Waals surface area (Å²) in [6.45, 7) is 2.13. The molecule has 1 atom stereocenters. The van der Waals surface area contributed by atoms with E-state index in [0.717, 1.165) is 25.9 Å². The van der Waals surface area contributed by atoms with Gasteiger partial charge in [-0.2, -0.15) is 0 Å². The van der Waals surface area contributed by atoms with Crippen LogP contribution in [0.1, 0.15) is 24.4 Å². The van der Waals surface area contributed by atoms with Gasteiger partial charge in [-0.3, -0.25) is 14.3 Å². The molecule has 0 unspecified atom stereocenters. The second-order valence-electron chi connectivity index (χ2n) is 6.21. The van der Waals surface area contributed by atoms with E-state index in [2.05, 4.69) is 19.9 Å². The Morgan fingerprint density at radius 3 is 2.64 bits per heavy atom. The summed E-state index contributed by atoms with van der Waals surface area (Å²) in [5.41, 5.74) is 0.917. The Kier molecular flexibility index (Phi) is 4.23. The molecule has 0 spiro atoms. The molecule has 3 aromatic rings. The van der Waals surface area contributed by atoms with Crippen molar-refractivity contribution in [1.29, 1.82) is 0 Å². The number of likely N-dealkylation sites (tertiary alicyclic amines) is 1. The number of fused-ring (bicyclic) bond motifs is 1. The Morgan fingerprint density at radius 1 is 1.08 bits per heavy atom. The lowest BCUT2D eigenvalue weighted by Crippen LogP contribution is -2.33. The van der Waals surface area contributed by atoms with Gasteiger partial charge >= 0.3 is 0 Å². The van der Waals surface area contributed by atoms with Crippen molar-refractivity contribution in [2.45, 2.75) is 25.4 Å². The number of hydrogen-bond donors (Lipinski definition) is 0. The van der Waals surface area contributed by atoms with Crippen LogP contribution in [0.3, 0.4) is 0 Å². The molecule has 1 aliphatic heterocycles. The maximum Gasteiger partial charge on any atom is 0.281 e. The maximum atomic E-state index is 14.4. The molecule has 1 saturated heterocycles. The molecule has 7 heteroatoms. The fraction of sp³-hybridized carbons (Fsp3) is 0.333. The van der Waals surface area contributed by atoms with E-state index in [1.807, 2.05) is 6.07 Å². The summed E-state index contributed by atoms with van der Waals surface area (Å²) in [6, 6.07) is 6.55. The molecule has 0 radical (unpaired) electrons. The van der Waals surface area contributed by atoms with Gasteiger partial charge in [-0.15, -0.1) is 0 Å². The van der Waals surface area contributed by atoms with Crippen molar-refractivity contribution >= 4 is 11.2 Å². The monoisotopic (exact) mass is 339 g/mol. The quantitative estimate of drug-likeness (QED) is 0.729. The van der Waals surface area contributed by atoms with Crippen LogP contribution in [0.25, 0.3) is 11.2 Å². The van der Waals surface area contributed by atoms with Gasteiger partial charge < -0.3 is 0 Å². The van der Waals surface area contributed by atoms with E-state index in [1.54, 1.807) is 12.1 Å². The van der Waals surface area contributed by atoms with Crippen molar-refractivity contribution in [3.8, 4) is 0 Å². The lowest BCUT2D eigenvalue weighted by molar-refractivity contribution is 0.215. The molecular formula is C18H18FN5O. The SMILES string of the molecule is O=c1c2nccnc2ncn1C[C@@H](c1ccccc1F)N1CCCC1. The molecule has 128 valence electrons. The molecule has 0 aliphatic carbocycles. The van der Waals surface area contributed by atoms with Crippen molar-refractivity contribution in [2.24, 2.45) is 0 Å². The fourth-order valence-corrected chi connectivity index (χ4v) is 3.41. The first-order valence-corrected chi connectivity index (χ1v) is 8.38. The van der Waals surface area contributed by atoms with Gasteiger partial charge in [-0.05, 0) is 32.0 Å². The summed E-state index contributed by atoms with van der Waals surface area (Å²) in [6.07, 6.45) is 6.63. The van der Waals surface area contributed by atoms with Gasteiger partial charge in [0.2, 0.25) is 0 Å². The van der Waals surface area contributed by atoms with E-state index >= 15 is 0 Å². The summed E-state index contributed by atoms with van der Waals surface area (Å²) in [4.78, 5) is 27.3. The Morgan fingerprint density at radius 2 is 1.84 bits per heavy atom. The van der Waals surface area contributed by atoms with E-state index in [1.165, 1.54) is 29.4 Å². The summed E-state index contributed by atoms with van der Waals surface area (Å²) in [7, 11) is 0. The highest BCUT2D eigenvalue weighted by Crippen LogP contribution is 2.28. The lowest BCUT2D eigenvalue weighted by Gasteiger charge is -2.28. The van der Waals surface area contributed by atoms with Gasteiger partial charge in [-0.25, -0.2) is 19.3 Å². The van der Waals surface area contributed by atoms with Crippen LogP contribution >= 0.6 is 0 Å². The van der Waals surface area contributed by atoms with Crippen LogP contribution in [0, 0.1) is 5.82 Å². The van der Waals surface area contributed by atoms with Crippen LogP contribution in [0.5, 0.6) is 0 Å².